The summed E-state index contributed by atoms with van der Waals surface area (Å²) in [6.07, 6.45) is 10.8. The van der Waals surface area contributed by atoms with Gasteiger partial charge in [0.2, 0.25) is 11.9 Å². The first-order valence-electron chi connectivity index (χ1n) is 9.05. The maximum atomic E-state index is 12.9. The Hall–Kier alpha value is -2.44. The van der Waals surface area contributed by atoms with Gasteiger partial charge in [0.05, 0.1) is 6.20 Å². The minimum atomic E-state index is -0.146. The van der Waals surface area contributed by atoms with E-state index in [1.807, 2.05) is 24.7 Å². The second kappa shape index (κ2) is 6.13. The van der Waals surface area contributed by atoms with E-state index in [1.165, 1.54) is 12.8 Å². The molecular formula is C18H24N6O. The minimum Gasteiger partial charge on any atom is -0.340 e. The first-order valence-corrected chi connectivity index (χ1v) is 9.05. The normalized spacial score (nSPS) is 21.1. The van der Waals surface area contributed by atoms with Crippen LogP contribution in [0.5, 0.6) is 0 Å². The summed E-state index contributed by atoms with van der Waals surface area (Å²) in [5, 5.41) is 0. The number of amides is 1. The highest BCUT2D eigenvalue weighted by Gasteiger charge is 2.41. The number of hydrogen-bond donors (Lipinski definition) is 0. The predicted octanol–water partition coefficient (Wildman–Crippen LogP) is 2.47. The molecule has 1 atom stereocenters. The van der Waals surface area contributed by atoms with Crippen LogP contribution < -0.4 is 9.80 Å². The molecule has 2 aliphatic rings. The third kappa shape index (κ3) is 2.49. The van der Waals surface area contributed by atoms with Gasteiger partial charge in [0, 0.05) is 25.5 Å². The van der Waals surface area contributed by atoms with E-state index in [0.717, 1.165) is 36.6 Å². The molecule has 7 heteroatoms. The van der Waals surface area contributed by atoms with Crippen molar-refractivity contribution >= 4 is 17.4 Å². The fourth-order valence-electron chi connectivity index (χ4n) is 4.08. The molecular weight excluding hydrogens is 316 g/mol. The SMILES string of the molecule is CC[C@@H]1C(=O)N(C)c2cnc(-n3ccnc3C)nc2N1C1CCCC1. The first kappa shape index (κ1) is 16.1. The number of carbonyl (C=O) groups excluding carboxylic acids is 1. The summed E-state index contributed by atoms with van der Waals surface area (Å²) in [7, 11) is 1.82. The molecule has 4 rings (SSSR count). The van der Waals surface area contributed by atoms with Gasteiger partial charge in [0.15, 0.2) is 5.82 Å². The van der Waals surface area contributed by atoms with Crippen LogP contribution in [0.2, 0.25) is 0 Å². The molecule has 2 aromatic heterocycles. The lowest BCUT2D eigenvalue weighted by Gasteiger charge is -2.43. The van der Waals surface area contributed by atoms with Crippen molar-refractivity contribution in [3.63, 3.8) is 0 Å². The van der Waals surface area contributed by atoms with Crippen LogP contribution in [-0.2, 0) is 4.79 Å². The maximum absolute atomic E-state index is 12.9. The standard InChI is InChI=1S/C18H24N6O/c1-4-14-17(25)22(3)15-11-20-18(23-10-9-19-12(23)2)21-16(15)24(14)13-7-5-6-8-13/h9-11,13-14H,4-8H2,1-3H3/t14-/m1/s1. The van der Waals surface area contributed by atoms with E-state index in [4.69, 9.17) is 4.98 Å². The van der Waals surface area contributed by atoms with Crippen molar-refractivity contribution in [1.82, 2.24) is 19.5 Å². The van der Waals surface area contributed by atoms with Crippen molar-refractivity contribution in [1.29, 1.82) is 0 Å². The number of fused-ring (bicyclic) bond motifs is 1. The second-order valence-corrected chi connectivity index (χ2v) is 6.89. The van der Waals surface area contributed by atoms with E-state index in [9.17, 15) is 4.79 Å². The van der Waals surface area contributed by atoms with Gasteiger partial charge in [-0.25, -0.2) is 9.97 Å². The number of anilines is 2. The van der Waals surface area contributed by atoms with E-state index in [0.29, 0.717) is 12.0 Å². The van der Waals surface area contributed by atoms with Crippen molar-refractivity contribution in [3.05, 3.63) is 24.4 Å². The highest BCUT2D eigenvalue weighted by atomic mass is 16.2. The van der Waals surface area contributed by atoms with Gasteiger partial charge in [-0.2, -0.15) is 4.98 Å². The molecule has 0 saturated heterocycles. The Bertz CT molecular complexity index is 795. The van der Waals surface area contributed by atoms with Crippen LogP contribution in [0.1, 0.15) is 44.9 Å². The molecule has 25 heavy (non-hydrogen) atoms. The Kier molecular flexibility index (Phi) is 3.94. The molecule has 0 spiro atoms. The number of rotatable bonds is 3. The van der Waals surface area contributed by atoms with Gasteiger partial charge in [0.1, 0.15) is 17.6 Å². The van der Waals surface area contributed by atoms with Gasteiger partial charge in [0.25, 0.3) is 0 Å². The molecule has 1 fully saturated rings. The Morgan fingerprint density at radius 1 is 1.24 bits per heavy atom. The molecule has 1 aliphatic carbocycles. The van der Waals surface area contributed by atoms with Crippen molar-refractivity contribution in [2.24, 2.45) is 0 Å². The number of hydrogen-bond acceptors (Lipinski definition) is 5. The molecule has 132 valence electrons. The smallest absolute Gasteiger partial charge is 0.249 e. The number of nitrogens with zero attached hydrogens (tertiary/aromatic N) is 6. The summed E-state index contributed by atoms with van der Waals surface area (Å²) in [5.41, 5.74) is 0.795. The molecule has 0 N–H and O–H groups in total. The van der Waals surface area contributed by atoms with Gasteiger partial charge >= 0.3 is 0 Å². The zero-order chi connectivity index (χ0) is 17.6. The van der Waals surface area contributed by atoms with Gasteiger partial charge in [-0.15, -0.1) is 0 Å². The van der Waals surface area contributed by atoms with Crippen LogP contribution in [0.3, 0.4) is 0 Å². The first-order chi connectivity index (χ1) is 12.1. The van der Waals surface area contributed by atoms with Crippen LogP contribution in [0.25, 0.3) is 5.95 Å². The molecule has 7 nitrogen and oxygen atoms in total. The number of aromatic nitrogens is 4. The third-order valence-corrected chi connectivity index (χ3v) is 5.44. The lowest BCUT2D eigenvalue weighted by molar-refractivity contribution is -0.120. The van der Waals surface area contributed by atoms with Crippen LogP contribution in [0.15, 0.2) is 18.6 Å². The van der Waals surface area contributed by atoms with Crippen LogP contribution in [0.4, 0.5) is 11.5 Å². The fourth-order valence-corrected chi connectivity index (χ4v) is 4.08. The summed E-state index contributed by atoms with van der Waals surface area (Å²) in [6, 6.07) is 0.236. The Morgan fingerprint density at radius 3 is 2.64 bits per heavy atom. The zero-order valence-corrected chi connectivity index (χ0v) is 15.0. The van der Waals surface area contributed by atoms with Gasteiger partial charge in [-0.1, -0.05) is 19.8 Å². The minimum absolute atomic E-state index is 0.136. The summed E-state index contributed by atoms with van der Waals surface area (Å²) in [6.45, 7) is 4.01. The third-order valence-electron chi connectivity index (χ3n) is 5.44. The summed E-state index contributed by atoms with van der Waals surface area (Å²) in [4.78, 5) is 30.5. The predicted molar refractivity (Wildman–Crippen MR) is 96.1 cm³/mol. The molecule has 1 amide bonds. The summed E-state index contributed by atoms with van der Waals surface area (Å²) in [5.74, 6) is 2.46. The average molecular weight is 340 g/mol. The highest BCUT2D eigenvalue weighted by Crippen LogP contribution is 2.39. The highest BCUT2D eigenvalue weighted by molar-refractivity contribution is 6.04. The van der Waals surface area contributed by atoms with E-state index in [2.05, 4.69) is 21.8 Å². The van der Waals surface area contributed by atoms with Crippen LogP contribution in [0, 0.1) is 6.92 Å². The van der Waals surface area contributed by atoms with E-state index < -0.39 is 0 Å². The van der Waals surface area contributed by atoms with E-state index >= 15 is 0 Å². The van der Waals surface area contributed by atoms with Crippen molar-refractivity contribution in [2.75, 3.05) is 16.8 Å². The molecule has 2 aromatic rings. The topological polar surface area (TPSA) is 67.2 Å². The molecule has 0 aromatic carbocycles. The molecule has 0 radical (unpaired) electrons. The van der Waals surface area contributed by atoms with Crippen molar-refractivity contribution < 1.29 is 4.79 Å². The van der Waals surface area contributed by atoms with E-state index in [-0.39, 0.29) is 11.9 Å². The van der Waals surface area contributed by atoms with Crippen LogP contribution in [-0.4, -0.2) is 44.6 Å². The molecule has 1 aliphatic heterocycles. The molecule has 1 saturated carbocycles. The van der Waals surface area contributed by atoms with E-state index in [1.54, 1.807) is 17.3 Å². The number of imidazole rings is 1. The zero-order valence-electron chi connectivity index (χ0n) is 15.0. The Morgan fingerprint density at radius 2 is 2.00 bits per heavy atom. The average Bonchev–Trinajstić information content (AvgIpc) is 3.29. The summed E-state index contributed by atoms with van der Waals surface area (Å²) >= 11 is 0. The lowest BCUT2D eigenvalue weighted by Crippen LogP contribution is -2.55. The Labute approximate surface area is 147 Å². The maximum Gasteiger partial charge on any atom is 0.249 e. The lowest BCUT2D eigenvalue weighted by atomic mass is 10.0. The largest absolute Gasteiger partial charge is 0.340 e. The Balaban J connectivity index is 1.85. The number of carbonyl (C=O) groups is 1. The monoisotopic (exact) mass is 340 g/mol. The van der Waals surface area contributed by atoms with Gasteiger partial charge in [-0.3, -0.25) is 9.36 Å². The molecule has 0 bridgehead atoms. The summed E-state index contributed by atoms with van der Waals surface area (Å²) < 4.78 is 1.88. The number of likely N-dealkylation sites (N-methyl/N-ethyl adjacent to an activating group) is 1. The van der Waals surface area contributed by atoms with Gasteiger partial charge in [-0.05, 0) is 26.2 Å². The molecule has 3 heterocycles. The quantitative estimate of drug-likeness (QED) is 0.859. The fraction of sp³-hybridized carbons (Fsp3) is 0.556. The van der Waals surface area contributed by atoms with Crippen molar-refractivity contribution in [3.8, 4) is 5.95 Å². The van der Waals surface area contributed by atoms with Crippen molar-refractivity contribution in [2.45, 2.75) is 58.0 Å². The van der Waals surface area contributed by atoms with Gasteiger partial charge < -0.3 is 9.80 Å². The second-order valence-electron chi connectivity index (χ2n) is 6.89. The van der Waals surface area contributed by atoms with Crippen LogP contribution >= 0.6 is 0 Å². The number of aryl methyl sites for hydroxylation is 1. The molecule has 0 unspecified atom stereocenters.